The lowest BCUT2D eigenvalue weighted by molar-refractivity contribution is -0.121. The van der Waals surface area contributed by atoms with E-state index in [1.54, 1.807) is 18.2 Å². The van der Waals surface area contributed by atoms with Gasteiger partial charge in [0.05, 0.1) is 5.92 Å². The number of nitrogens with one attached hydrogen (secondary N) is 2. The number of nitrogens with zero attached hydrogens (tertiary/aromatic N) is 1. The molecule has 0 saturated carbocycles. The summed E-state index contributed by atoms with van der Waals surface area (Å²) in [6.07, 6.45) is 0.327. The van der Waals surface area contributed by atoms with E-state index in [4.69, 9.17) is 5.73 Å². The fourth-order valence-corrected chi connectivity index (χ4v) is 2.23. The van der Waals surface area contributed by atoms with E-state index in [1.807, 2.05) is 13.8 Å². The zero-order chi connectivity index (χ0) is 17.7. The summed E-state index contributed by atoms with van der Waals surface area (Å²) >= 11 is 0. The third kappa shape index (κ3) is 4.65. The number of aromatic nitrogens is 2. The van der Waals surface area contributed by atoms with Crippen LogP contribution in [0.25, 0.3) is 0 Å². The molecule has 2 amide bonds. The number of hydrogen-bond acceptors (Lipinski definition) is 3. The molecular formula is C17H21FN4O2. The lowest BCUT2D eigenvalue weighted by Gasteiger charge is -2.14. The molecule has 0 saturated heterocycles. The molecule has 1 aromatic carbocycles. The molecule has 1 heterocycles. The Morgan fingerprint density at radius 3 is 2.50 bits per heavy atom. The number of benzene rings is 1. The number of amides is 2. The van der Waals surface area contributed by atoms with Crippen molar-refractivity contribution in [3.8, 4) is 0 Å². The van der Waals surface area contributed by atoms with Crippen molar-refractivity contribution in [3.05, 3.63) is 53.1 Å². The first-order valence-corrected chi connectivity index (χ1v) is 7.74. The maximum absolute atomic E-state index is 12.9. The van der Waals surface area contributed by atoms with Gasteiger partial charge in [0.2, 0.25) is 5.91 Å². The van der Waals surface area contributed by atoms with E-state index in [-0.39, 0.29) is 29.9 Å². The molecule has 2 aromatic rings. The number of rotatable bonds is 7. The molecule has 0 radical (unpaired) electrons. The smallest absolute Gasteiger partial charge is 0.271 e. The van der Waals surface area contributed by atoms with Gasteiger partial charge >= 0.3 is 0 Å². The Hall–Kier alpha value is -2.70. The van der Waals surface area contributed by atoms with Gasteiger partial charge in [-0.3, -0.25) is 14.7 Å². The van der Waals surface area contributed by atoms with Gasteiger partial charge in [-0.15, -0.1) is 0 Å². The number of nitrogens with two attached hydrogens (primary N) is 1. The Morgan fingerprint density at radius 1 is 1.29 bits per heavy atom. The molecule has 2 rings (SSSR count). The average Bonchev–Trinajstić information content (AvgIpc) is 3.03. The van der Waals surface area contributed by atoms with Gasteiger partial charge in [0.15, 0.2) is 0 Å². The third-order valence-corrected chi connectivity index (χ3v) is 3.76. The van der Waals surface area contributed by atoms with E-state index >= 15 is 0 Å². The van der Waals surface area contributed by atoms with Crippen LogP contribution in [-0.2, 0) is 11.2 Å². The molecule has 6 nitrogen and oxygen atoms in total. The topological polar surface area (TPSA) is 101 Å². The zero-order valence-electron chi connectivity index (χ0n) is 13.7. The van der Waals surface area contributed by atoms with E-state index in [9.17, 15) is 14.0 Å². The molecule has 0 fully saturated rings. The fourth-order valence-electron chi connectivity index (χ4n) is 2.23. The minimum absolute atomic E-state index is 0.0927. The number of carbonyl (C=O) groups is 2. The van der Waals surface area contributed by atoms with E-state index in [0.29, 0.717) is 6.42 Å². The van der Waals surface area contributed by atoms with Gasteiger partial charge in [-0.05, 0) is 36.1 Å². The average molecular weight is 332 g/mol. The van der Waals surface area contributed by atoms with Gasteiger partial charge in [-0.1, -0.05) is 26.0 Å². The molecule has 0 aliphatic carbocycles. The molecule has 1 atom stereocenters. The lowest BCUT2D eigenvalue weighted by Crippen LogP contribution is -2.37. The Kier molecular flexibility index (Phi) is 5.68. The summed E-state index contributed by atoms with van der Waals surface area (Å²) in [6, 6.07) is 7.51. The van der Waals surface area contributed by atoms with Crippen LogP contribution in [0.3, 0.4) is 0 Å². The predicted octanol–water partition coefficient (Wildman–Crippen LogP) is 1.75. The summed E-state index contributed by atoms with van der Waals surface area (Å²) in [4.78, 5) is 23.7. The highest BCUT2D eigenvalue weighted by atomic mass is 19.1. The van der Waals surface area contributed by atoms with Crippen LogP contribution >= 0.6 is 0 Å². The highest BCUT2D eigenvalue weighted by Crippen LogP contribution is 2.12. The number of hydrogen-bond donors (Lipinski definition) is 3. The van der Waals surface area contributed by atoms with E-state index in [0.717, 1.165) is 11.3 Å². The number of primary amides is 1. The van der Waals surface area contributed by atoms with Crippen LogP contribution in [-0.4, -0.2) is 28.6 Å². The largest absolute Gasteiger partial charge is 0.369 e. The molecule has 0 aliphatic heterocycles. The van der Waals surface area contributed by atoms with E-state index < -0.39 is 11.8 Å². The summed E-state index contributed by atoms with van der Waals surface area (Å²) in [5, 5.41) is 9.43. The molecule has 128 valence electrons. The number of aromatic amines is 1. The van der Waals surface area contributed by atoms with Crippen molar-refractivity contribution in [2.45, 2.75) is 26.2 Å². The fraction of sp³-hybridized carbons (Fsp3) is 0.353. The Morgan fingerprint density at radius 2 is 1.96 bits per heavy atom. The Labute approximate surface area is 139 Å². The second-order valence-corrected chi connectivity index (χ2v) is 6.00. The normalized spacial score (nSPS) is 12.2. The maximum Gasteiger partial charge on any atom is 0.271 e. The van der Waals surface area contributed by atoms with Gasteiger partial charge in [-0.25, -0.2) is 4.39 Å². The number of H-pyrrole nitrogens is 1. The summed E-state index contributed by atoms with van der Waals surface area (Å²) in [7, 11) is 0. The van der Waals surface area contributed by atoms with E-state index in [2.05, 4.69) is 15.5 Å². The first-order valence-electron chi connectivity index (χ1n) is 7.74. The van der Waals surface area contributed by atoms with Crippen molar-refractivity contribution >= 4 is 11.8 Å². The van der Waals surface area contributed by atoms with Crippen LogP contribution in [0.15, 0.2) is 30.3 Å². The SMILES string of the molecule is CC(C)c1cc(C(=O)NC[C@H](Cc2ccc(F)cc2)C(N)=O)n[nH]1. The second kappa shape index (κ2) is 7.72. The van der Waals surface area contributed by atoms with Crippen molar-refractivity contribution in [3.63, 3.8) is 0 Å². The van der Waals surface area contributed by atoms with Gasteiger partial charge in [0.25, 0.3) is 5.91 Å². The van der Waals surface area contributed by atoms with E-state index in [1.165, 1.54) is 12.1 Å². The molecule has 24 heavy (non-hydrogen) atoms. The van der Waals surface area contributed by atoms with Crippen molar-refractivity contribution < 1.29 is 14.0 Å². The van der Waals surface area contributed by atoms with Crippen molar-refractivity contribution in [1.82, 2.24) is 15.5 Å². The molecule has 0 aliphatic rings. The molecular weight excluding hydrogens is 311 g/mol. The third-order valence-electron chi connectivity index (χ3n) is 3.76. The lowest BCUT2D eigenvalue weighted by atomic mass is 9.98. The van der Waals surface area contributed by atoms with Gasteiger partial charge in [0, 0.05) is 12.2 Å². The molecule has 4 N–H and O–H groups in total. The van der Waals surface area contributed by atoms with Crippen molar-refractivity contribution in [2.24, 2.45) is 11.7 Å². The molecule has 7 heteroatoms. The van der Waals surface area contributed by atoms with Crippen LogP contribution in [0.5, 0.6) is 0 Å². The van der Waals surface area contributed by atoms with Gasteiger partial charge in [0.1, 0.15) is 11.5 Å². The quantitative estimate of drug-likeness (QED) is 0.720. The summed E-state index contributed by atoms with van der Waals surface area (Å²) < 4.78 is 12.9. The van der Waals surface area contributed by atoms with Crippen LogP contribution in [0.2, 0.25) is 0 Å². The minimum Gasteiger partial charge on any atom is -0.369 e. The number of halogens is 1. The summed E-state index contributed by atoms with van der Waals surface area (Å²) in [5.74, 6) is -1.59. The summed E-state index contributed by atoms with van der Waals surface area (Å²) in [5.41, 5.74) is 7.30. The van der Waals surface area contributed by atoms with Gasteiger partial charge < -0.3 is 11.1 Å². The first kappa shape index (κ1) is 17.7. The Bertz CT molecular complexity index is 710. The second-order valence-electron chi connectivity index (χ2n) is 6.00. The highest BCUT2D eigenvalue weighted by Gasteiger charge is 2.19. The molecule has 0 bridgehead atoms. The first-order chi connectivity index (χ1) is 11.4. The van der Waals surface area contributed by atoms with Crippen LogP contribution in [0.1, 0.15) is 41.5 Å². The van der Waals surface area contributed by atoms with Gasteiger partial charge in [-0.2, -0.15) is 5.10 Å². The van der Waals surface area contributed by atoms with Crippen molar-refractivity contribution in [1.29, 1.82) is 0 Å². The zero-order valence-corrected chi connectivity index (χ0v) is 13.7. The maximum atomic E-state index is 12.9. The molecule has 1 aromatic heterocycles. The number of carbonyl (C=O) groups excluding carboxylic acids is 2. The highest BCUT2D eigenvalue weighted by molar-refractivity contribution is 5.92. The summed E-state index contributed by atoms with van der Waals surface area (Å²) in [6.45, 7) is 4.07. The van der Waals surface area contributed by atoms with Crippen molar-refractivity contribution in [2.75, 3.05) is 6.54 Å². The molecule has 0 spiro atoms. The minimum atomic E-state index is -0.581. The predicted molar refractivity (Wildman–Crippen MR) is 87.8 cm³/mol. The van der Waals surface area contributed by atoms with Crippen LogP contribution in [0.4, 0.5) is 4.39 Å². The van der Waals surface area contributed by atoms with Crippen LogP contribution in [0, 0.1) is 11.7 Å². The standard InChI is InChI=1S/C17H21FN4O2/c1-10(2)14-8-15(22-21-14)17(24)20-9-12(16(19)23)7-11-3-5-13(18)6-4-11/h3-6,8,10,12H,7,9H2,1-2H3,(H2,19,23)(H,20,24)(H,21,22)/t12-/m0/s1. The van der Waals surface area contributed by atoms with Crippen LogP contribution < -0.4 is 11.1 Å². The Balaban J connectivity index is 1.96. The molecule has 0 unspecified atom stereocenters. The monoisotopic (exact) mass is 332 g/mol.